The first-order chi connectivity index (χ1) is 8.49. The monoisotopic (exact) mass is 267 g/mol. The predicted octanol–water partition coefficient (Wildman–Crippen LogP) is 3.92. The number of aromatic carboxylic acids is 1. The molecule has 3 nitrogen and oxygen atoms in total. The van der Waals surface area contributed by atoms with Crippen molar-refractivity contribution in [3.8, 4) is 0 Å². The summed E-state index contributed by atoms with van der Waals surface area (Å²) >= 11 is 1.57. The Labute approximate surface area is 113 Å². The number of carboxylic acids is 1. The SMILES string of the molecule is CCC(CC)CSc1nc(C)cc(C)c1C(=O)O. The van der Waals surface area contributed by atoms with Crippen molar-refractivity contribution in [2.24, 2.45) is 5.92 Å². The van der Waals surface area contributed by atoms with E-state index >= 15 is 0 Å². The van der Waals surface area contributed by atoms with Gasteiger partial charge in [-0.25, -0.2) is 9.78 Å². The third kappa shape index (κ3) is 3.73. The van der Waals surface area contributed by atoms with Gasteiger partial charge in [-0.1, -0.05) is 26.7 Å². The number of aromatic nitrogens is 1. The first kappa shape index (κ1) is 15.0. The van der Waals surface area contributed by atoms with Crippen molar-refractivity contribution in [1.82, 2.24) is 4.98 Å². The van der Waals surface area contributed by atoms with Gasteiger partial charge in [-0.05, 0) is 31.4 Å². The topological polar surface area (TPSA) is 50.2 Å². The lowest BCUT2D eigenvalue weighted by molar-refractivity contribution is 0.0691. The summed E-state index contributed by atoms with van der Waals surface area (Å²) in [4.78, 5) is 15.7. The average Bonchev–Trinajstić information content (AvgIpc) is 2.28. The van der Waals surface area contributed by atoms with Crippen molar-refractivity contribution in [3.05, 3.63) is 22.9 Å². The Kier molecular flexibility index (Phi) is 5.66. The molecule has 0 aliphatic rings. The molecule has 0 radical (unpaired) electrons. The standard InChI is InChI=1S/C14H21NO2S/c1-5-11(6-2)8-18-13-12(14(16)17)9(3)7-10(4)15-13/h7,11H,5-6,8H2,1-4H3,(H,16,17). The molecule has 1 heterocycles. The lowest BCUT2D eigenvalue weighted by Crippen LogP contribution is -2.07. The van der Waals surface area contributed by atoms with Gasteiger partial charge in [0.1, 0.15) is 5.03 Å². The summed E-state index contributed by atoms with van der Waals surface area (Å²) in [5.74, 6) is 0.676. The number of thioether (sulfide) groups is 1. The lowest BCUT2D eigenvalue weighted by atomic mass is 10.1. The molecule has 0 unspecified atom stereocenters. The summed E-state index contributed by atoms with van der Waals surface area (Å²) in [6.45, 7) is 8.07. The quantitative estimate of drug-likeness (QED) is 0.793. The Morgan fingerprint density at radius 3 is 2.50 bits per heavy atom. The van der Waals surface area contributed by atoms with Gasteiger partial charge in [-0.15, -0.1) is 11.8 Å². The van der Waals surface area contributed by atoms with Crippen LogP contribution in [0, 0.1) is 19.8 Å². The molecule has 4 heteroatoms. The number of rotatable bonds is 6. The Morgan fingerprint density at radius 1 is 1.39 bits per heavy atom. The fourth-order valence-corrected chi connectivity index (χ4v) is 3.35. The maximum atomic E-state index is 11.3. The van der Waals surface area contributed by atoms with E-state index in [-0.39, 0.29) is 0 Å². The Hall–Kier alpha value is -1.03. The number of hydrogen-bond donors (Lipinski definition) is 1. The maximum absolute atomic E-state index is 11.3. The van der Waals surface area contributed by atoms with Gasteiger partial charge in [0.15, 0.2) is 0 Å². The molecule has 1 aromatic heterocycles. The number of carbonyl (C=O) groups is 1. The third-order valence-corrected chi connectivity index (χ3v) is 4.34. The zero-order valence-corrected chi connectivity index (χ0v) is 12.3. The second kappa shape index (κ2) is 6.78. The molecular weight excluding hydrogens is 246 g/mol. The molecule has 1 aromatic rings. The zero-order valence-electron chi connectivity index (χ0n) is 11.5. The van der Waals surface area contributed by atoms with Gasteiger partial charge < -0.3 is 5.11 Å². The zero-order chi connectivity index (χ0) is 13.7. The van der Waals surface area contributed by atoms with Crippen LogP contribution in [0.3, 0.4) is 0 Å². The molecular formula is C14H21NO2S. The van der Waals surface area contributed by atoms with Crippen LogP contribution < -0.4 is 0 Å². The van der Waals surface area contributed by atoms with Crippen LogP contribution in [0.2, 0.25) is 0 Å². The Balaban J connectivity index is 2.96. The second-order valence-electron chi connectivity index (χ2n) is 4.56. The fourth-order valence-electron chi connectivity index (χ4n) is 1.89. The van der Waals surface area contributed by atoms with Gasteiger partial charge in [0.25, 0.3) is 0 Å². The van der Waals surface area contributed by atoms with Crippen molar-refractivity contribution in [1.29, 1.82) is 0 Å². The van der Waals surface area contributed by atoms with E-state index < -0.39 is 5.97 Å². The molecule has 0 aliphatic carbocycles. The minimum Gasteiger partial charge on any atom is -0.478 e. The third-order valence-electron chi connectivity index (χ3n) is 3.14. The van der Waals surface area contributed by atoms with Gasteiger partial charge in [-0.2, -0.15) is 0 Å². The lowest BCUT2D eigenvalue weighted by Gasteiger charge is -2.13. The van der Waals surface area contributed by atoms with Crippen LogP contribution in [0.4, 0.5) is 0 Å². The molecule has 0 fully saturated rings. The first-order valence-corrected chi connectivity index (χ1v) is 7.32. The van der Waals surface area contributed by atoms with E-state index in [1.54, 1.807) is 11.8 Å². The average molecular weight is 267 g/mol. The molecule has 0 bridgehead atoms. The summed E-state index contributed by atoms with van der Waals surface area (Å²) in [5.41, 5.74) is 2.03. The maximum Gasteiger partial charge on any atom is 0.338 e. The van der Waals surface area contributed by atoms with Gasteiger partial charge in [0.05, 0.1) is 5.56 Å². The molecule has 0 spiro atoms. The minimum atomic E-state index is -0.882. The van der Waals surface area contributed by atoms with E-state index in [2.05, 4.69) is 18.8 Å². The van der Waals surface area contributed by atoms with E-state index in [1.165, 1.54) is 0 Å². The molecule has 1 N–H and O–H groups in total. The van der Waals surface area contributed by atoms with E-state index in [1.807, 2.05) is 19.9 Å². The van der Waals surface area contributed by atoms with E-state index in [0.29, 0.717) is 16.5 Å². The molecule has 1 rings (SSSR count). The van der Waals surface area contributed by atoms with Crippen LogP contribution in [0.15, 0.2) is 11.1 Å². The van der Waals surface area contributed by atoms with Crippen LogP contribution in [0.25, 0.3) is 0 Å². The molecule has 100 valence electrons. The van der Waals surface area contributed by atoms with Crippen molar-refractivity contribution < 1.29 is 9.90 Å². The van der Waals surface area contributed by atoms with Gasteiger partial charge in [-0.3, -0.25) is 0 Å². The van der Waals surface area contributed by atoms with E-state index in [0.717, 1.165) is 29.9 Å². The van der Waals surface area contributed by atoms with E-state index in [4.69, 9.17) is 0 Å². The number of carboxylic acid groups (broad SMARTS) is 1. The van der Waals surface area contributed by atoms with E-state index in [9.17, 15) is 9.90 Å². The van der Waals surface area contributed by atoms with Crippen LogP contribution in [-0.2, 0) is 0 Å². The highest BCUT2D eigenvalue weighted by Gasteiger charge is 2.17. The van der Waals surface area contributed by atoms with Crippen LogP contribution in [0.1, 0.15) is 48.3 Å². The molecule has 0 aromatic carbocycles. The molecule has 0 saturated heterocycles. The fraction of sp³-hybridized carbons (Fsp3) is 0.571. The van der Waals surface area contributed by atoms with Gasteiger partial charge in [0, 0.05) is 11.4 Å². The van der Waals surface area contributed by atoms with Crippen molar-refractivity contribution in [2.75, 3.05) is 5.75 Å². The summed E-state index contributed by atoms with van der Waals surface area (Å²) in [7, 11) is 0. The molecule has 0 saturated carbocycles. The summed E-state index contributed by atoms with van der Waals surface area (Å²) < 4.78 is 0. The highest BCUT2D eigenvalue weighted by molar-refractivity contribution is 7.99. The number of hydrogen-bond acceptors (Lipinski definition) is 3. The van der Waals surface area contributed by atoms with Crippen molar-refractivity contribution >= 4 is 17.7 Å². The normalized spacial score (nSPS) is 10.9. The summed E-state index contributed by atoms with van der Waals surface area (Å²) in [5, 5.41) is 9.92. The molecule has 18 heavy (non-hydrogen) atoms. The summed E-state index contributed by atoms with van der Waals surface area (Å²) in [6, 6.07) is 1.82. The Bertz CT molecular complexity index is 428. The molecule has 0 atom stereocenters. The molecule has 0 amide bonds. The minimum absolute atomic E-state index is 0.358. The Morgan fingerprint density at radius 2 is 2.00 bits per heavy atom. The highest BCUT2D eigenvalue weighted by atomic mass is 32.2. The number of pyridine rings is 1. The summed E-state index contributed by atoms with van der Waals surface area (Å²) in [6.07, 6.45) is 2.24. The largest absolute Gasteiger partial charge is 0.478 e. The number of nitrogens with zero attached hydrogens (tertiary/aromatic N) is 1. The number of aryl methyl sites for hydroxylation is 2. The van der Waals surface area contributed by atoms with Gasteiger partial charge in [0.2, 0.25) is 0 Å². The predicted molar refractivity (Wildman–Crippen MR) is 75.5 cm³/mol. The highest BCUT2D eigenvalue weighted by Crippen LogP contribution is 2.27. The first-order valence-electron chi connectivity index (χ1n) is 6.33. The van der Waals surface area contributed by atoms with Crippen LogP contribution in [0.5, 0.6) is 0 Å². The van der Waals surface area contributed by atoms with Gasteiger partial charge >= 0.3 is 5.97 Å². The van der Waals surface area contributed by atoms with Crippen LogP contribution in [-0.4, -0.2) is 21.8 Å². The molecule has 0 aliphatic heterocycles. The van der Waals surface area contributed by atoms with Crippen molar-refractivity contribution in [2.45, 2.75) is 45.6 Å². The second-order valence-corrected chi connectivity index (χ2v) is 5.57. The smallest absolute Gasteiger partial charge is 0.338 e. The van der Waals surface area contributed by atoms with Crippen LogP contribution >= 0.6 is 11.8 Å². The van der Waals surface area contributed by atoms with Crippen molar-refractivity contribution in [3.63, 3.8) is 0 Å².